The van der Waals surface area contributed by atoms with Crippen molar-refractivity contribution in [2.24, 2.45) is 5.41 Å². The second-order valence-corrected chi connectivity index (χ2v) is 6.76. The number of rotatable bonds is 4. The van der Waals surface area contributed by atoms with Crippen LogP contribution in [0.4, 0.5) is 0 Å². The van der Waals surface area contributed by atoms with Crippen LogP contribution >= 0.6 is 11.3 Å². The molecule has 1 rings (SSSR count). The number of nitrogens with one attached hydrogen (secondary N) is 1. The zero-order valence-electron chi connectivity index (χ0n) is 11.3. The van der Waals surface area contributed by atoms with Crippen LogP contribution in [0.1, 0.15) is 63.7 Å². The molecule has 16 heavy (non-hydrogen) atoms. The predicted molar refractivity (Wildman–Crippen MR) is 72.1 cm³/mol. The van der Waals surface area contributed by atoms with E-state index in [0.29, 0.717) is 17.4 Å². The van der Waals surface area contributed by atoms with E-state index in [9.17, 15) is 0 Å². The second kappa shape index (κ2) is 5.28. The molecule has 0 bridgehead atoms. The molecule has 0 saturated carbocycles. The van der Waals surface area contributed by atoms with Crippen LogP contribution in [-0.4, -0.2) is 12.0 Å². The molecule has 0 aromatic carbocycles. The number of thiazole rings is 1. The van der Waals surface area contributed by atoms with Gasteiger partial charge >= 0.3 is 0 Å². The van der Waals surface area contributed by atoms with Crippen LogP contribution in [-0.2, 0) is 0 Å². The molecule has 0 amide bonds. The van der Waals surface area contributed by atoms with E-state index in [1.165, 1.54) is 10.7 Å². The van der Waals surface area contributed by atoms with Crippen molar-refractivity contribution in [2.75, 3.05) is 7.05 Å². The van der Waals surface area contributed by atoms with E-state index in [1.54, 1.807) is 11.3 Å². The van der Waals surface area contributed by atoms with Gasteiger partial charge in [-0.1, -0.05) is 34.6 Å². The van der Waals surface area contributed by atoms with E-state index in [1.807, 2.05) is 7.05 Å². The first-order chi connectivity index (χ1) is 7.33. The Balaban J connectivity index is 2.79. The van der Waals surface area contributed by atoms with Crippen molar-refractivity contribution in [3.8, 4) is 0 Å². The maximum absolute atomic E-state index is 4.72. The third-order valence-corrected chi connectivity index (χ3v) is 3.57. The van der Waals surface area contributed by atoms with Gasteiger partial charge in [0, 0.05) is 5.38 Å². The van der Waals surface area contributed by atoms with Gasteiger partial charge in [0.15, 0.2) is 0 Å². The molecule has 0 fully saturated rings. The van der Waals surface area contributed by atoms with E-state index < -0.39 is 0 Å². The lowest BCUT2D eigenvalue weighted by molar-refractivity contribution is 0.320. The molecular formula is C13H24N2S. The largest absolute Gasteiger partial charge is 0.311 e. The van der Waals surface area contributed by atoms with Crippen molar-refractivity contribution < 1.29 is 0 Å². The van der Waals surface area contributed by atoms with Gasteiger partial charge < -0.3 is 5.32 Å². The highest BCUT2D eigenvalue weighted by molar-refractivity contribution is 7.09. The fraction of sp³-hybridized carbons (Fsp3) is 0.769. The van der Waals surface area contributed by atoms with Crippen LogP contribution in [0.15, 0.2) is 5.38 Å². The molecule has 1 aromatic rings. The van der Waals surface area contributed by atoms with Crippen molar-refractivity contribution in [3.05, 3.63) is 16.1 Å². The first-order valence-electron chi connectivity index (χ1n) is 5.96. The predicted octanol–water partition coefficient (Wildman–Crippen LogP) is 3.96. The summed E-state index contributed by atoms with van der Waals surface area (Å²) in [7, 11) is 2.02. The second-order valence-electron chi connectivity index (χ2n) is 5.87. The molecular weight excluding hydrogens is 216 g/mol. The third kappa shape index (κ3) is 3.87. The smallest absolute Gasteiger partial charge is 0.110 e. The molecule has 0 aliphatic heterocycles. The summed E-state index contributed by atoms with van der Waals surface area (Å²) >= 11 is 1.78. The maximum Gasteiger partial charge on any atom is 0.110 e. The van der Waals surface area contributed by atoms with Gasteiger partial charge in [0.1, 0.15) is 5.01 Å². The Labute approximate surface area is 103 Å². The molecule has 1 N–H and O–H groups in total. The lowest BCUT2D eigenvalue weighted by Crippen LogP contribution is -2.22. The average molecular weight is 240 g/mol. The van der Waals surface area contributed by atoms with Gasteiger partial charge in [0.05, 0.1) is 11.7 Å². The summed E-state index contributed by atoms with van der Waals surface area (Å²) in [5.41, 5.74) is 1.55. The molecule has 0 aliphatic carbocycles. The van der Waals surface area contributed by atoms with Gasteiger partial charge in [-0.15, -0.1) is 11.3 Å². The molecule has 0 saturated heterocycles. The summed E-state index contributed by atoms with van der Waals surface area (Å²) in [4.78, 5) is 4.72. The lowest BCUT2D eigenvalue weighted by Gasteiger charge is -2.24. The van der Waals surface area contributed by atoms with E-state index in [4.69, 9.17) is 4.98 Å². The molecule has 0 radical (unpaired) electrons. The zero-order valence-corrected chi connectivity index (χ0v) is 12.1. The Kier molecular flexibility index (Phi) is 4.51. The average Bonchev–Trinajstić information content (AvgIpc) is 2.61. The van der Waals surface area contributed by atoms with Gasteiger partial charge in [-0.2, -0.15) is 0 Å². The Morgan fingerprint density at radius 2 is 2.00 bits per heavy atom. The quantitative estimate of drug-likeness (QED) is 0.861. The highest BCUT2D eigenvalue weighted by atomic mass is 32.1. The van der Waals surface area contributed by atoms with E-state index in [0.717, 1.165) is 6.42 Å². The fourth-order valence-electron chi connectivity index (χ4n) is 1.65. The van der Waals surface area contributed by atoms with Gasteiger partial charge in [-0.3, -0.25) is 0 Å². The highest BCUT2D eigenvalue weighted by Crippen LogP contribution is 2.31. The normalized spacial score (nSPS) is 14.4. The summed E-state index contributed by atoms with van der Waals surface area (Å²) in [6.45, 7) is 11.2. The van der Waals surface area contributed by atoms with Crippen LogP contribution in [0.2, 0.25) is 0 Å². The van der Waals surface area contributed by atoms with Crippen LogP contribution in [0, 0.1) is 5.41 Å². The van der Waals surface area contributed by atoms with Gasteiger partial charge in [-0.25, -0.2) is 4.98 Å². The lowest BCUT2D eigenvalue weighted by atomic mass is 9.88. The van der Waals surface area contributed by atoms with Crippen LogP contribution in [0.5, 0.6) is 0 Å². The molecule has 1 atom stereocenters. The summed E-state index contributed by atoms with van der Waals surface area (Å²) < 4.78 is 0. The first-order valence-corrected chi connectivity index (χ1v) is 6.84. The summed E-state index contributed by atoms with van der Waals surface area (Å²) in [6.07, 6.45) is 1.12. The number of hydrogen-bond acceptors (Lipinski definition) is 3. The van der Waals surface area contributed by atoms with Crippen molar-refractivity contribution in [1.29, 1.82) is 0 Å². The molecule has 92 valence electrons. The molecule has 1 heterocycles. The summed E-state index contributed by atoms with van der Waals surface area (Å²) in [5, 5.41) is 6.79. The summed E-state index contributed by atoms with van der Waals surface area (Å²) in [5.74, 6) is 0.525. The minimum absolute atomic E-state index is 0.331. The van der Waals surface area contributed by atoms with Gasteiger partial charge in [-0.05, 0) is 24.8 Å². The zero-order chi connectivity index (χ0) is 12.3. The topological polar surface area (TPSA) is 24.9 Å². The minimum Gasteiger partial charge on any atom is -0.311 e. The Morgan fingerprint density at radius 1 is 1.38 bits per heavy atom. The van der Waals surface area contributed by atoms with E-state index in [-0.39, 0.29) is 0 Å². The monoisotopic (exact) mass is 240 g/mol. The van der Waals surface area contributed by atoms with Gasteiger partial charge in [0.2, 0.25) is 0 Å². The Bertz CT molecular complexity index is 323. The van der Waals surface area contributed by atoms with Crippen LogP contribution in [0.3, 0.4) is 0 Å². The third-order valence-electron chi connectivity index (χ3n) is 2.59. The minimum atomic E-state index is 0.331. The maximum atomic E-state index is 4.72. The molecule has 0 spiro atoms. The molecule has 0 aliphatic rings. The van der Waals surface area contributed by atoms with Crippen LogP contribution < -0.4 is 5.32 Å². The highest BCUT2D eigenvalue weighted by Gasteiger charge is 2.21. The first kappa shape index (κ1) is 13.7. The van der Waals surface area contributed by atoms with Crippen molar-refractivity contribution in [1.82, 2.24) is 10.3 Å². The van der Waals surface area contributed by atoms with Gasteiger partial charge in [0.25, 0.3) is 0 Å². The molecule has 2 nitrogen and oxygen atoms in total. The Hall–Kier alpha value is -0.410. The number of aromatic nitrogens is 1. The SMILES string of the molecule is CNC(CC(C)(C)C)c1nc(C(C)C)cs1. The van der Waals surface area contributed by atoms with Crippen molar-refractivity contribution >= 4 is 11.3 Å². The standard InChI is InChI=1S/C13H24N2S/c1-9(2)11-8-16-12(15-11)10(14-6)7-13(3,4)5/h8-10,14H,7H2,1-6H3. The molecule has 1 unspecified atom stereocenters. The molecule has 3 heteroatoms. The van der Waals surface area contributed by atoms with Crippen molar-refractivity contribution in [3.63, 3.8) is 0 Å². The molecule has 1 aromatic heterocycles. The Morgan fingerprint density at radius 3 is 2.38 bits per heavy atom. The summed E-state index contributed by atoms with van der Waals surface area (Å²) in [6, 6.07) is 0.387. The number of hydrogen-bond donors (Lipinski definition) is 1. The fourth-order valence-corrected chi connectivity index (χ4v) is 2.74. The van der Waals surface area contributed by atoms with Crippen LogP contribution in [0.25, 0.3) is 0 Å². The van der Waals surface area contributed by atoms with E-state index >= 15 is 0 Å². The van der Waals surface area contributed by atoms with E-state index in [2.05, 4.69) is 45.3 Å². The van der Waals surface area contributed by atoms with Crippen molar-refractivity contribution in [2.45, 2.75) is 53.0 Å². The number of nitrogens with zero attached hydrogens (tertiary/aromatic N) is 1.